The summed E-state index contributed by atoms with van der Waals surface area (Å²) >= 11 is 0. The van der Waals surface area contributed by atoms with E-state index in [2.05, 4.69) is 10.0 Å². The summed E-state index contributed by atoms with van der Waals surface area (Å²) in [6.07, 6.45) is 0. The lowest BCUT2D eigenvalue weighted by Gasteiger charge is -2.00. The third-order valence-corrected chi connectivity index (χ3v) is 2.45. The fourth-order valence-electron chi connectivity index (χ4n) is 1.73. The quantitative estimate of drug-likeness (QED) is 0.426. The highest BCUT2D eigenvalue weighted by molar-refractivity contribution is 5.98. The molecule has 0 aliphatic heterocycles. The van der Waals surface area contributed by atoms with Crippen molar-refractivity contribution in [3.8, 4) is 0 Å². The molecule has 0 atom stereocenters. The first-order valence-electron chi connectivity index (χ1n) is 4.74. The van der Waals surface area contributed by atoms with E-state index in [1.165, 1.54) is 10.6 Å². The van der Waals surface area contributed by atoms with Crippen LogP contribution in [-0.2, 0) is 7.05 Å². The van der Waals surface area contributed by atoms with Gasteiger partial charge in [0.2, 0.25) is 5.91 Å². The van der Waals surface area contributed by atoms with Crippen LogP contribution in [0.5, 0.6) is 0 Å². The van der Waals surface area contributed by atoms with Gasteiger partial charge >= 0.3 is 5.76 Å². The Bertz CT molecular complexity index is 719. The zero-order valence-electron chi connectivity index (χ0n) is 9.17. The number of benzene rings is 1. The van der Waals surface area contributed by atoms with Gasteiger partial charge in [0.1, 0.15) is 0 Å². The van der Waals surface area contributed by atoms with Crippen LogP contribution in [0.2, 0.25) is 0 Å². The van der Waals surface area contributed by atoms with E-state index in [0.717, 1.165) is 0 Å². The first-order chi connectivity index (χ1) is 8.04. The standard InChI is InChI=1S/C10H8N4O3/c1-5-3-6(9(15)12-13-11)4-7-8(5)14(2)10(16)17-7/h3-4H,1-2H3. The van der Waals surface area contributed by atoms with Gasteiger partial charge < -0.3 is 4.42 Å². The van der Waals surface area contributed by atoms with Gasteiger partial charge in [-0.15, -0.1) is 0 Å². The molecule has 0 bridgehead atoms. The van der Waals surface area contributed by atoms with E-state index in [0.29, 0.717) is 16.7 Å². The van der Waals surface area contributed by atoms with E-state index in [1.54, 1.807) is 20.0 Å². The minimum Gasteiger partial charge on any atom is -0.408 e. The number of amides is 1. The molecule has 1 aromatic carbocycles. The van der Waals surface area contributed by atoms with Gasteiger partial charge in [0.15, 0.2) is 5.58 Å². The number of rotatable bonds is 1. The van der Waals surface area contributed by atoms with Gasteiger partial charge in [-0.05, 0) is 35.3 Å². The summed E-state index contributed by atoms with van der Waals surface area (Å²) in [5.41, 5.74) is 10.0. The first kappa shape index (κ1) is 11.0. The van der Waals surface area contributed by atoms with Crippen LogP contribution in [0.1, 0.15) is 15.9 Å². The van der Waals surface area contributed by atoms with Crippen molar-refractivity contribution < 1.29 is 9.21 Å². The predicted molar refractivity (Wildman–Crippen MR) is 59.7 cm³/mol. The summed E-state index contributed by atoms with van der Waals surface area (Å²) in [7, 11) is 1.58. The molecule has 7 nitrogen and oxygen atoms in total. The maximum atomic E-state index is 11.4. The lowest BCUT2D eigenvalue weighted by Crippen LogP contribution is -2.09. The van der Waals surface area contributed by atoms with E-state index in [9.17, 15) is 9.59 Å². The fourth-order valence-corrected chi connectivity index (χ4v) is 1.73. The molecule has 0 aliphatic carbocycles. The zero-order chi connectivity index (χ0) is 12.6. The number of carbonyl (C=O) groups excluding carboxylic acids is 1. The smallest absolute Gasteiger partial charge is 0.408 e. The maximum absolute atomic E-state index is 11.4. The van der Waals surface area contributed by atoms with Crippen LogP contribution in [-0.4, -0.2) is 10.5 Å². The lowest BCUT2D eigenvalue weighted by molar-refractivity contribution is 0.100. The molecule has 0 saturated carbocycles. The Morgan fingerprint density at radius 3 is 2.88 bits per heavy atom. The Kier molecular flexibility index (Phi) is 2.45. The van der Waals surface area contributed by atoms with Gasteiger partial charge in [0.25, 0.3) is 0 Å². The van der Waals surface area contributed by atoms with Gasteiger partial charge in [-0.1, -0.05) is 0 Å². The van der Waals surface area contributed by atoms with Crippen molar-refractivity contribution in [1.29, 1.82) is 0 Å². The molecule has 86 valence electrons. The van der Waals surface area contributed by atoms with E-state index in [4.69, 9.17) is 9.95 Å². The highest BCUT2D eigenvalue weighted by atomic mass is 16.4. The minimum atomic E-state index is -0.705. The third-order valence-electron chi connectivity index (χ3n) is 2.45. The van der Waals surface area contributed by atoms with Crippen molar-refractivity contribution >= 4 is 17.0 Å². The second kappa shape index (κ2) is 3.80. The van der Waals surface area contributed by atoms with E-state index >= 15 is 0 Å². The van der Waals surface area contributed by atoms with Crippen molar-refractivity contribution in [2.24, 2.45) is 12.2 Å². The number of oxazole rings is 1. The molecule has 0 radical (unpaired) electrons. The minimum absolute atomic E-state index is 0.196. The number of nitrogens with zero attached hydrogens (tertiary/aromatic N) is 4. The van der Waals surface area contributed by atoms with Crippen LogP contribution >= 0.6 is 0 Å². The van der Waals surface area contributed by atoms with Gasteiger partial charge in [0, 0.05) is 17.5 Å². The summed E-state index contributed by atoms with van der Waals surface area (Å²) < 4.78 is 6.32. The highest BCUT2D eigenvalue weighted by Gasteiger charge is 2.12. The average Bonchev–Trinajstić information content (AvgIpc) is 2.55. The van der Waals surface area contributed by atoms with Crippen LogP contribution in [0.25, 0.3) is 21.5 Å². The van der Waals surface area contributed by atoms with Crippen LogP contribution in [0.4, 0.5) is 0 Å². The van der Waals surface area contributed by atoms with Crippen LogP contribution in [0, 0.1) is 6.92 Å². The molecule has 1 amide bonds. The lowest BCUT2D eigenvalue weighted by atomic mass is 10.1. The molecule has 17 heavy (non-hydrogen) atoms. The Hall–Kier alpha value is -2.53. The zero-order valence-corrected chi connectivity index (χ0v) is 9.17. The fraction of sp³-hybridized carbons (Fsp3) is 0.200. The Labute approximate surface area is 94.9 Å². The number of aromatic nitrogens is 1. The summed E-state index contributed by atoms with van der Waals surface area (Å²) in [6.45, 7) is 1.74. The van der Waals surface area contributed by atoms with E-state index in [1.807, 2.05) is 0 Å². The summed E-state index contributed by atoms with van der Waals surface area (Å²) in [6, 6.07) is 2.94. The van der Waals surface area contributed by atoms with Gasteiger partial charge in [-0.2, -0.15) is 0 Å². The Morgan fingerprint density at radius 2 is 2.24 bits per heavy atom. The second-order valence-corrected chi connectivity index (χ2v) is 3.56. The normalized spacial score (nSPS) is 10.2. The Morgan fingerprint density at radius 1 is 1.53 bits per heavy atom. The van der Waals surface area contributed by atoms with Crippen molar-refractivity contribution in [2.75, 3.05) is 0 Å². The maximum Gasteiger partial charge on any atom is 0.419 e. The van der Waals surface area contributed by atoms with Crippen molar-refractivity contribution in [3.63, 3.8) is 0 Å². The van der Waals surface area contributed by atoms with Crippen LogP contribution in [0.15, 0.2) is 26.5 Å². The molecule has 0 fully saturated rings. The molecule has 0 unspecified atom stereocenters. The monoisotopic (exact) mass is 232 g/mol. The van der Waals surface area contributed by atoms with Crippen molar-refractivity contribution in [3.05, 3.63) is 44.3 Å². The number of aryl methyl sites for hydroxylation is 2. The molecule has 1 aromatic heterocycles. The first-order valence-corrected chi connectivity index (χ1v) is 4.74. The SMILES string of the molecule is Cc1cc(C(=O)N=[N+]=[N-])cc2oc(=O)n(C)c12. The van der Waals surface area contributed by atoms with Crippen molar-refractivity contribution in [2.45, 2.75) is 6.92 Å². The summed E-state index contributed by atoms with van der Waals surface area (Å²) in [5, 5.41) is 2.99. The largest absolute Gasteiger partial charge is 0.419 e. The van der Waals surface area contributed by atoms with Crippen LogP contribution in [0.3, 0.4) is 0 Å². The molecular weight excluding hydrogens is 224 g/mol. The number of fused-ring (bicyclic) bond motifs is 1. The Balaban J connectivity index is 2.76. The van der Waals surface area contributed by atoms with E-state index in [-0.39, 0.29) is 5.56 Å². The molecule has 0 saturated heterocycles. The topological polar surface area (TPSA) is 101 Å². The number of hydrogen-bond donors (Lipinski definition) is 0. The predicted octanol–water partition coefficient (Wildman–Crippen LogP) is 1.89. The van der Waals surface area contributed by atoms with Crippen LogP contribution < -0.4 is 5.76 Å². The molecule has 0 aliphatic rings. The number of azide groups is 1. The molecule has 0 N–H and O–H groups in total. The average molecular weight is 232 g/mol. The van der Waals surface area contributed by atoms with Gasteiger partial charge in [-0.25, -0.2) is 4.79 Å². The van der Waals surface area contributed by atoms with Gasteiger partial charge in [0.05, 0.1) is 5.52 Å². The molecule has 2 aromatic rings. The molecule has 1 heterocycles. The highest BCUT2D eigenvalue weighted by Crippen LogP contribution is 2.19. The third kappa shape index (κ3) is 1.68. The molecule has 0 spiro atoms. The second-order valence-electron chi connectivity index (χ2n) is 3.56. The van der Waals surface area contributed by atoms with Crippen molar-refractivity contribution in [1.82, 2.24) is 4.57 Å². The number of carbonyl (C=O) groups is 1. The summed E-state index contributed by atoms with van der Waals surface area (Å²) in [5.74, 6) is -1.21. The van der Waals surface area contributed by atoms with E-state index < -0.39 is 11.7 Å². The molecule has 2 rings (SSSR count). The summed E-state index contributed by atoms with van der Waals surface area (Å²) in [4.78, 5) is 25.1. The molecule has 7 heteroatoms. The number of hydrogen-bond acceptors (Lipinski definition) is 3. The van der Waals surface area contributed by atoms with Gasteiger partial charge in [-0.3, -0.25) is 9.36 Å². The molecular formula is C10H8N4O3.